The van der Waals surface area contributed by atoms with E-state index in [2.05, 4.69) is 84.6 Å². The number of pyridine rings is 1. The first kappa shape index (κ1) is 17.9. The molecule has 2 heterocycles. The number of hydrogen-bond acceptors (Lipinski definition) is 3. The van der Waals surface area contributed by atoms with Crippen LogP contribution in [0.1, 0.15) is 16.7 Å². The van der Waals surface area contributed by atoms with Crippen LogP contribution in [0.15, 0.2) is 79.0 Å². The van der Waals surface area contributed by atoms with Gasteiger partial charge in [0.1, 0.15) is 0 Å². The summed E-state index contributed by atoms with van der Waals surface area (Å²) in [6.45, 7) is 3.03. The van der Waals surface area contributed by atoms with Crippen LogP contribution in [-0.2, 0) is 12.8 Å². The molecule has 1 aliphatic rings. The average Bonchev–Trinajstić information content (AvgIpc) is 3.08. The normalized spacial score (nSPS) is 15.7. The van der Waals surface area contributed by atoms with Gasteiger partial charge in [0.2, 0.25) is 0 Å². The van der Waals surface area contributed by atoms with Crippen LogP contribution in [0.5, 0.6) is 0 Å². The zero-order valence-electron chi connectivity index (χ0n) is 16.7. The van der Waals surface area contributed by atoms with E-state index in [1.807, 2.05) is 6.20 Å². The van der Waals surface area contributed by atoms with Crippen molar-refractivity contribution in [2.75, 3.05) is 11.4 Å². The smallest absolute Gasteiger partial charge is 0.0813 e. The molecule has 1 atom stereocenters. The van der Waals surface area contributed by atoms with Crippen molar-refractivity contribution >= 4 is 16.6 Å². The Labute approximate surface area is 171 Å². The molecule has 5 rings (SSSR count). The van der Waals surface area contributed by atoms with E-state index in [1.165, 1.54) is 38.9 Å². The molecule has 0 saturated heterocycles. The molecule has 2 N–H and O–H groups in total. The molecule has 144 valence electrons. The van der Waals surface area contributed by atoms with E-state index >= 15 is 0 Å². The maximum Gasteiger partial charge on any atom is 0.0813 e. The summed E-state index contributed by atoms with van der Waals surface area (Å²) < 4.78 is 0. The number of benzene rings is 3. The van der Waals surface area contributed by atoms with Gasteiger partial charge in [0.15, 0.2) is 0 Å². The zero-order valence-corrected chi connectivity index (χ0v) is 16.7. The predicted octanol–water partition coefficient (Wildman–Crippen LogP) is 5.10. The van der Waals surface area contributed by atoms with E-state index < -0.39 is 0 Å². The Morgan fingerprint density at radius 1 is 0.966 bits per heavy atom. The summed E-state index contributed by atoms with van der Waals surface area (Å²) in [5.74, 6) is 0. The van der Waals surface area contributed by atoms with Crippen LogP contribution in [-0.4, -0.2) is 17.7 Å². The number of anilines is 1. The molecule has 0 fully saturated rings. The molecule has 3 heteroatoms. The first-order chi connectivity index (χ1) is 14.2. The van der Waals surface area contributed by atoms with Crippen molar-refractivity contribution in [3.63, 3.8) is 0 Å². The second kappa shape index (κ2) is 7.34. The average molecular weight is 380 g/mol. The van der Waals surface area contributed by atoms with Crippen molar-refractivity contribution < 1.29 is 0 Å². The lowest BCUT2D eigenvalue weighted by atomic mass is 10.0. The number of fused-ring (bicyclic) bond motifs is 3. The highest BCUT2D eigenvalue weighted by molar-refractivity contribution is 5.97. The van der Waals surface area contributed by atoms with Gasteiger partial charge in [-0.25, -0.2) is 0 Å². The van der Waals surface area contributed by atoms with Gasteiger partial charge in [0.05, 0.1) is 17.4 Å². The third-order valence-electron chi connectivity index (χ3n) is 5.90. The molecule has 0 aliphatic carbocycles. The molecule has 1 aromatic heterocycles. The Bertz CT molecular complexity index is 1150. The number of nitrogens with two attached hydrogens (primary N) is 1. The second-order valence-electron chi connectivity index (χ2n) is 7.93. The Hall–Kier alpha value is -3.17. The molecule has 0 amide bonds. The van der Waals surface area contributed by atoms with Crippen molar-refractivity contribution in [2.45, 2.75) is 25.9 Å². The van der Waals surface area contributed by atoms with E-state index in [9.17, 15) is 0 Å². The molecule has 0 saturated carbocycles. The Balaban J connectivity index is 1.55. The van der Waals surface area contributed by atoms with Gasteiger partial charge in [0, 0.05) is 24.5 Å². The molecular formula is C26H25N3. The molecule has 1 unspecified atom stereocenters. The Morgan fingerprint density at radius 2 is 1.72 bits per heavy atom. The molecule has 4 aromatic rings. The van der Waals surface area contributed by atoms with Gasteiger partial charge in [-0.2, -0.15) is 0 Å². The van der Waals surface area contributed by atoms with Crippen LogP contribution in [0.2, 0.25) is 0 Å². The zero-order chi connectivity index (χ0) is 19.8. The fraction of sp³-hybridized carbons (Fsp3) is 0.192. The fourth-order valence-corrected chi connectivity index (χ4v) is 4.31. The van der Waals surface area contributed by atoms with Gasteiger partial charge in [-0.05, 0) is 47.7 Å². The van der Waals surface area contributed by atoms with Crippen molar-refractivity contribution in [3.8, 4) is 11.1 Å². The van der Waals surface area contributed by atoms with Crippen LogP contribution in [0.4, 0.5) is 5.69 Å². The lowest BCUT2D eigenvalue weighted by Gasteiger charge is -2.26. The number of hydrogen-bond donors (Lipinski definition) is 1. The van der Waals surface area contributed by atoms with Gasteiger partial charge >= 0.3 is 0 Å². The van der Waals surface area contributed by atoms with Crippen LogP contribution in [0, 0.1) is 6.92 Å². The number of aromatic nitrogens is 1. The lowest BCUT2D eigenvalue weighted by molar-refractivity contribution is 0.645. The second-order valence-corrected chi connectivity index (χ2v) is 7.93. The summed E-state index contributed by atoms with van der Waals surface area (Å²) in [6.07, 6.45) is 3.84. The molecular weight excluding hydrogens is 354 g/mol. The van der Waals surface area contributed by atoms with Gasteiger partial charge < -0.3 is 10.6 Å². The van der Waals surface area contributed by atoms with Gasteiger partial charge in [-0.3, -0.25) is 4.98 Å². The Kier molecular flexibility index (Phi) is 4.53. The van der Waals surface area contributed by atoms with Crippen LogP contribution >= 0.6 is 0 Å². The van der Waals surface area contributed by atoms with Crippen LogP contribution in [0.25, 0.3) is 22.0 Å². The maximum absolute atomic E-state index is 6.55. The van der Waals surface area contributed by atoms with E-state index in [4.69, 9.17) is 10.7 Å². The lowest BCUT2D eigenvalue weighted by Crippen LogP contribution is -2.40. The number of rotatable bonds is 4. The summed E-state index contributed by atoms with van der Waals surface area (Å²) in [6, 6.07) is 25.9. The molecule has 3 nitrogen and oxygen atoms in total. The van der Waals surface area contributed by atoms with Crippen molar-refractivity contribution in [2.24, 2.45) is 5.73 Å². The first-order valence-corrected chi connectivity index (χ1v) is 10.2. The molecule has 0 bridgehead atoms. The van der Waals surface area contributed by atoms with Crippen LogP contribution in [0.3, 0.4) is 0 Å². The highest BCUT2D eigenvalue weighted by Crippen LogP contribution is 2.38. The SMILES string of the molecule is Cc1ccc(-c2ccc3ncc4c(c3c2)N(CCc2ccccc2)C(N)C4)cc1. The van der Waals surface area contributed by atoms with E-state index in [1.54, 1.807) is 0 Å². The molecule has 1 aliphatic heterocycles. The summed E-state index contributed by atoms with van der Waals surface area (Å²) >= 11 is 0. The predicted molar refractivity (Wildman–Crippen MR) is 121 cm³/mol. The fourth-order valence-electron chi connectivity index (χ4n) is 4.31. The first-order valence-electron chi connectivity index (χ1n) is 10.2. The minimum atomic E-state index is 0.00384. The highest BCUT2D eigenvalue weighted by Gasteiger charge is 2.28. The Morgan fingerprint density at radius 3 is 2.52 bits per heavy atom. The standard InChI is InChI=1S/C26H25N3/c1-18-7-9-20(10-8-18)21-11-12-24-23(15-21)26-22(17-28-24)16-25(27)29(26)14-13-19-5-3-2-4-6-19/h2-12,15,17,25H,13-14,16,27H2,1H3. The van der Waals surface area contributed by atoms with Gasteiger partial charge in [-0.1, -0.05) is 66.2 Å². The topological polar surface area (TPSA) is 42.2 Å². The minimum Gasteiger partial charge on any atom is -0.355 e. The van der Waals surface area contributed by atoms with E-state index in [-0.39, 0.29) is 6.17 Å². The van der Waals surface area contributed by atoms with E-state index in [0.29, 0.717) is 0 Å². The van der Waals surface area contributed by atoms with Crippen molar-refractivity contribution in [3.05, 3.63) is 95.7 Å². The monoisotopic (exact) mass is 379 g/mol. The van der Waals surface area contributed by atoms with Gasteiger partial charge in [-0.15, -0.1) is 0 Å². The highest BCUT2D eigenvalue weighted by atomic mass is 15.2. The largest absolute Gasteiger partial charge is 0.355 e. The minimum absolute atomic E-state index is 0.00384. The van der Waals surface area contributed by atoms with Crippen molar-refractivity contribution in [1.29, 1.82) is 0 Å². The molecule has 0 spiro atoms. The van der Waals surface area contributed by atoms with Gasteiger partial charge in [0.25, 0.3) is 0 Å². The van der Waals surface area contributed by atoms with Crippen LogP contribution < -0.4 is 10.6 Å². The third-order valence-corrected chi connectivity index (χ3v) is 5.90. The summed E-state index contributed by atoms with van der Waals surface area (Å²) in [5, 5.41) is 1.20. The number of nitrogens with zero attached hydrogens (tertiary/aromatic N) is 2. The summed E-state index contributed by atoms with van der Waals surface area (Å²) in [7, 11) is 0. The quantitative estimate of drug-likeness (QED) is 0.536. The number of aryl methyl sites for hydroxylation is 1. The summed E-state index contributed by atoms with van der Waals surface area (Å²) in [4.78, 5) is 7.07. The molecule has 3 aromatic carbocycles. The molecule has 29 heavy (non-hydrogen) atoms. The summed E-state index contributed by atoms with van der Waals surface area (Å²) in [5.41, 5.74) is 15.1. The molecule has 0 radical (unpaired) electrons. The van der Waals surface area contributed by atoms with Crippen molar-refractivity contribution in [1.82, 2.24) is 4.98 Å². The third kappa shape index (κ3) is 3.39. The maximum atomic E-state index is 6.55. The van der Waals surface area contributed by atoms with E-state index in [0.717, 1.165) is 24.9 Å².